The Morgan fingerprint density at radius 3 is 2.76 bits per heavy atom. The van der Waals surface area contributed by atoms with E-state index in [1.807, 2.05) is 0 Å². The molecule has 1 aromatic carbocycles. The molecular formula is C10H14ClFN2O2S. The third-order valence-corrected chi connectivity index (χ3v) is 4.02. The van der Waals surface area contributed by atoms with Gasteiger partial charge in [0.25, 0.3) is 0 Å². The van der Waals surface area contributed by atoms with Crippen LogP contribution in [0, 0.1) is 5.82 Å². The maximum Gasteiger partial charge on any atom is 0.242 e. The van der Waals surface area contributed by atoms with Gasteiger partial charge in [0.2, 0.25) is 10.0 Å². The molecule has 0 aliphatic carbocycles. The van der Waals surface area contributed by atoms with Gasteiger partial charge in [-0.3, -0.25) is 0 Å². The molecule has 4 nitrogen and oxygen atoms in total. The molecule has 0 aliphatic rings. The Bertz CT molecular complexity index is 491. The van der Waals surface area contributed by atoms with Crippen molar-refractivity contribution < 1.29 is 12.8 Å². The van der Waals surface area contributed by atoms with Crippen molar-refractivity contribution in [1.29, 1.82) is 0 Å². The lowest BCUT2D eigenvalue weighted by Gasteiger charge is -2.09. The topological polar surface area (TPSA) is 72.2 Å². The molecule has 0 amide bonds. The van der Waals surface area contributed by atoms with Gasteiger partial charge in [0.1, 0.15) is 10.7 Å². The van der Waals surface area contributed by atoms with Crippen LogP contribution in [-0.2, 0) is 10.0 Å². The summed E-state index contributed by atoms with van der Waals surface area (Å²) in [7, 11) is -3.79. The maximum absolute atomic E-state index is 13.0. The van der Waals surface area contributed by atoms with Gasteiger partial charge in [-0.05, 0) is 31.5 Å². The van der Waals surface area contributed by atoms with Gasteiger partial charge in [-0.2, -0.15) is 0 Å². The minimum absolute atomic E-state index is 0.0142. The molecule has 0 bridgehead atoms. The largest absolute Gasteiger partial charge is 0.328 e. The van der Waals surface area contributed by atoms with Crippen LogP contribution in [0.4, 0.5) is 4.39 Å². The molecule has 1 aromatic rings. The van der Waals surface area contributed by atoms with Crippen molar-refractivity contribution >= 4 is 21.6 Å². The van der Waals surface area contributed by atoms with Crippen LogP contribution in [-0.4, -0.2) is 21.0 Å². The van der Waals surface area contributed by atoms with E-state index < -0.39 is 15.8 Å². The van der Waals surface area contributed by atoms with Crippen molar-refractivity contribution in [3.8, 4) is 0 Å². The Hall–Kier alpha value is -0.690. The third-order valence-electron chi connectivity index (χ3n) is 2.07. The van der Waals surface area contributed by atoms with E-state index in [0.29, 0.717) is 6.42 Å². The first kappa shape index (κ1) is 14.4. The summed E-state index contributed by atoms with van der Waals surface area (Å²) >= 11 is 5.71. The number of benzene rings is 1. The molecule has 1 unspecified atom stereocenters. The molecule has 0 aliphatic heterocycles. The molecule has 7 heteroatoms. The summed E-state index contributed by atoms with van der Waals surface area (Å²) in [5.74, 6) is -0.651. The van der Waals surface area contributed by atoms with Crippen molar-refractivity contribution in [1.82, 2.24) is 4.72 Å². The molecule has 0 heterocycles. The lowest BCUT2D eigenvalue weighted by molar-refractivity contribution is 0.569. The van der Waals surface area contributed by atoms with Crippen LogP contribution in [0.3, 0.4) is 0 Å². The first-order chi connectivity index (χ1) is 7.83. The summed E-state index contributed by atoms with van der Waals surface area (Å²) in [5.41, 5.74) is 5.49. The second-order valence-electron chi connectivity index (χ2n) is 3.74. The highest BCUT2D eigenvalue weighted by Crippen LogP contribution is 2.21. The number of nitrogens with one attached hydrogen (secondary N) is 1. The van der Waals surface area contributed by atoms with E-state index in [-0.39, 0.29) is 22.5 Å². The first-order valence-corrected chi connectivity index (χ1v) is 6.89. The highest BCUT2D eigenvalue weighted by Gasteiger charge is 2.18. The lowest BCUT2D eigenvalue weighted by atomic mass is 10.3. The molecule has 3 N–H and O–H groups in total. The van der Waals surface area contributed by atoms with E-state index in [2.05, 4.69) is 4.72 Å². The molecule has 96 valence electrons. The van der Waals surface area contributed by atoms with Crippen molar-refractivity contribution in [2.24, 2.45) is 5.73 Å². The Morgan fingerprint density at radius 2 is 2.18 bits per heavy atom. The van der Waals surface area contributed by atoms with Crippen molar-refractivity contribution in [2.45, 2.75) is 24.3 Å². The summed E-state index contributed by atoms with van der Waals surface area (Å²) in [6, 6.07) is 3.08. The molecule has 0 aromatic heterocycles. The molecule has 0 spiro atoms. The molecule has 0 saturated carbocycles. The van der Waals surface area contributed by atoms with Gasteiger partial charge in [-0.15, -0.1) is 0 Å². The predicted molar refractivity (Wildman–Crippen MR) is 64.9 cm³/mol. The Labute approximate surface area is 105 Å². The van der Waals surface area contributed by atoms with Crippen molar-refractivity contribution in [3.63, 3.8) is 0 Å². The summed E-state index contributed by atoms with van der Waals surface area (Å²) in [4.78, 5) is -0.260. The fourth-order valence-electron chi connectivity index (χ4n) is 1.18. The van der Waals surface area contributed by atoms with Crippen LogP contribution in [0.1, 0.15) is 13.3 Å². The van der Waals surface area contributed by atoms with E-state index in [1.54, 1.807) is 6.92 Å². The van der Waals surface area contributed by atoms with Crippen LogP contribution in [0.25, 0.3) is 0 Å². The fourth-order valence-corrected chi connectivity index (χ4v) is 2.74. The number of nitrogens with two attached hydrogens (primary N) is 1. The van der Waals surface area contributed by atoms with E-state index in [9.17, 15) is 12.8 Å². The predicted octanol–water partition coefficient (Wildman–Crippen LogP) is 1.49. The minimum Gasteiger partial charge on any atom is -0.328 e. The third kappa shape index (κ3) is 4.23. The van der Waals surface area contributed by atoms with Crippen LogP contribution in [0.5, 0.6) is 0 Å². The zero-order valence-electron chi connectivity index (χ0n) is 9.28. The molecular weight excluding hydrogens is 267 g/mol. The van der Waals surface area contributed by atoms with Crippen LogP contribution < -0.4 is 10.5 Å². The van der Waals surface area contributed by atoms with Crippen molar-refractivity contribution in [2.75, 3.05) is 6.54 Å². The normalized spacial score (nSPS) is 13.6. The van der Waals surface area contributed by atoms with Crippen molar-refractivity contribution in [3.05, 3.63) is 29.0 Å². The second-order valence-corrected chi connectivity index (χ2v) is 5.88. The Morgan fingerprint density at radius 1 is 1.53 bits per heavy atom. The van der Waals surface area contributed by atoms with Gasteiger partial charge >= 0.3 is 0 Å². The quantitative estimate of drug-likeness (QED) is 0.858. The maximum atomic E-state index is 13.0. The van der Waals surface area contributed by atoms with Gasteiger partial charge in [0.05, 0.1) is 5.02 Å². The Balaban J connectivity index is 2.86. The average molecular weight is 281 g/mol. The molecule has 1 atom stereocenters. The zero-order valence-corrected chi connectivity index (χ0v) is 10.9. The minimum atomic E-state index is -3.79. The SMILES string of the molecule is CC(N)CCNS(=O)(=O)c1cc(F)ccc1Cl. The number of halogens is 2. The van der Waals surface area contributed by atoms with Crippen LogP contribution >= 0.6 is 11.6 Å². The Kier molecular flexibility index (Phi) is 4.88. The number of hydrogen-bond donors (Lipinski definition) is 2. The molecule has 0 saturated heterocycles. The molecule has 17 heavy (non-hydrogen) atoms. The monoisotopic (exact) mass is 280 g/mol. The van der Waals surface area contributed by atoms with E-state index in [1.165, 1.54) is 6.07 Å². The fraction of sp³-hybridized carbons (Fsp3) is 0.400. The zero-order chi connectivity index (χ0) is 13.1. The summed E-state index contributed by atoms with van der Waals surface area (Å²) in [5, 5.41) is -0.0142. The number of rotatable bonds is 5. The van der Waals surface area contributed by atoms with Crippen LogP contribution in [0.15, 0.2) is 23.1 Å². The molecule has 1 rings (SSSR count). The average Bonchev–Trinajstić information content (AvgIpc) is 2.20. The van der Waals surface area contributed by atoms with Gasteiger partial charge in [0.15, 0.2) is 0 Å². The van der Waals surface area contributed by atoms with Gasteiger partial charge in [-0.1, -0.05) is 11.6 Å². The van der Waals surface area contributed by atoms with E-state index in [4.69, 9.17) is 17.3 Å². The summed E-state index contributed by atoms with van der Waals surface area (Å²) in [6.07, 6.45) is 0.492. The number of sulfonamides is 1. The second kappa shape index (κ2) is 5.77. The highest BCUT2D eigenvalue weighted by atomic mass is 35.5. The summed E-state index contributed by atoms with van der Waals surface area (Å²) < 4.78 is 38.8. The lowest BCUT2D eigenvalue weighted by Crippen LogP contribution is -2.29. The van der Waals surface area contributed by atoms with Gasteiger partial charge < -0.3 is 5.73 Å². The van der Waals surface area contributed by atoms with E-state index >= 15 is 0 Å². The smallest absolute Gasteiger partial charge is 0.242 e. The van der Waals surface area contributed by atoms with Crippen LogP contribution in [0.2, 0.25) is 5.02 Å². The highest BCUT2D eigenvalue weighted by molar-refractivity contribution is 7.89. The standard InChI is InChI=1S/C10H14ClFN2O2S/c1-7(13)4-5-14-17(15,16)10-6-8(12)2-3-9(10)11/h2-3,6-7,14H,4-5,13H2,1H3. The number of hydrogen-bond acceptors (Lipinski definition) is 3. The molecule has 0 fully saturated rings. The summed E-state index contributed by atoms with van der Waals surface area (Å²) in [6.45, 7) is 1.95. The van der Waals surface area contributed by atoms with E-state index in [0.717, 1.165) is 12.1 Å². The first-order valence-electron chi connectivity index (χ1n) is 5.03. The molecule has 0 radical (unpaired) electrons. The van der Waals surface area contributed by atoms with Gasteiger partial charge in [-0.25, -0.2) is 17.5 Å². The van der Waals surface area contributed by atoms with Gasteiger partial charge in [0, 0.05) is 12.6 Å².